The maximum absolute atomic E-state index is 12.5. The van der Waals surface area contributed by atoms with Crippen LogP contribution in [0, 0.1) is 25.2 Å². The largest absolute Gasteiger partial charge is 0.442 e. The van der Waals surface area contributed by atoms with Gasteiger partial charge in [0.2, 0.25) is 0 Å². The number of hydrogen-bond acceptors (Lipinski definition) is 3. The lowest BCUT2D eigenvalue weighted by molar-refractivity contribution is 0.0543. The van der Waals surface area contributed by atoms with E-state index in [9.17, 15) is 4.79 Å². The molecule has 26 heavy (non-hydrogen) atoms. The van der Waals surface area contributed by atoms with E-state index in [1.165, 1.54) is 5.01 Å². The van der Waals surface area contributed by atoms with Gasteiger partial charge in [0.1, 0.15) is 18.0 Å². The molecular weight excluding hydrogens is 326 g/mol. The molecule has 1 heterocycles. The van der Waals surface area contributed by atoms with Crippen LogP contribution in [0.15, 0.2) is 36.6 Å². The first-order chi connectivity index (χ1) is 12.2. The summed E-state index contributed by atoms with van der Waals surface area (Å²) in [4.78, 5) is 17.1. The van der Waals surface area contributed by atoms with E-state index in [2.05, 4.69) is 36.1 Å². The van der Waals surface area contributed by atoms with Crippen molar-refractivity contribution in [2.45, 2.75) is 46.6 Å². The Morgan fingerprint density at radius 1 is 1.50 bits per heavy atom. The monoisotopic (exact) mass is 353 g/mol. The zero-order valence-corrected chi connectivity index (χ0v) is 16.2. The minimum Gasteiger partial charge on any atom is -0.442 e. The Balaban J connectivity index is 2.35. The number of aryl methyl sites for hydroxylation is 1. The minimum absolute atomic E-state index is 0.0951. The highest BCUT2D eigenvalue weighted by atomic mass is 16.6. The molecule has 1 aliphatic rings. The van der Waals surface area contributed by atoms with Gasteiger partial charge in [-0.15, -0.1) is 6.42 Å². The quantitative estimate of drug-likeness (QED) is 0.764. The van der Waals surface area contributed by atoms with Crippen LogP contribution in [0.4, 0.5) is 4.79 Å². The van der Waals surface area contributed by atoms with E-state index in [4.69, 9.17) is 11.2 Å². The Hall–Kier alpha value is -2.74. The van der Waals surface area contributed by atoms with Crippen LogP contribution in [0.5, 0.6) is 0 Å². The Labute approximate surface area is 156 Å². The number of carbonyl (C=O) groups excluding carboxylic acids is 1. The van der Waals surface area contributed by atoms with Crippen LogP contribution >= 0.6 is 0 Å². The summed E-state index contributed by atoms with van der Waals surface area (Å²) >= 11 is 0. The molecule has 5 nitrogen and oxygen atoms in total. The highest BCUT2D eigenvalue weighted by molar-refractivity contribution is 5.80. The van der Waals surface area contributed by atoms with Crippen LogP contribution in [0.25, 0.3) is 5.57 Å². The minimum atomic E-state index is -0.604. The number of amides is 1. The second-order valence-corrected chi connectivity index (χ2v) is 7.38. The summed E-state index contributed by atoms with van der Waals surface area (Å²) in [5, 5.41) is 1.38. The molecular formula is C21H27N3O2. The van der Waals surface area contributed by atoms with Crippen LogP contribution in [-0.4, -0.2) is 27.9 Å². The lowest BCUT2D eigenvalue weighted by Gasteiger charge is -2.27. The Morgan fingerprint density at radius 2 is 2.23 bits per heavy atom. The predicted octanol–water partition coefficient (Wildman–Crippen LogP) is 4.23. The molecule has 0 radical (unpaired) electrons. The van der Waals surface area contributed by atoms with E-state index in [0.717, 1.165) is 17.7 Å². The van der Waals surface area contributed by atoms with Crippen molar-refractivity contribution in [2.75, 3.05) is 11.6 Å². The molecule has 5 heteroatoms. The van der Waals surface area contributed by atoms with Crippen molar-refractivity contribution in [3.8, 4) is 12.3 Å². The molecule has 1 aromatic heterocycles. The molecule has 0 spiro atoms. The molecule has 0 aromatic carbocycles. The summed E-state index contributed by atoms with van der Waals surface area (Å²) in [5.74, 6) is 3.69. The standard InChI is InChI=1S/C21H27N3O2/c1-7-14-23(20(25)26-21(4,5)6)24-15-19(22-17(24)3)18-12-8-10-16(2)11-9-13-18/h1,8-10,12-13,15-16H,11,14H2,2-6H3. The second-order valence-electron chi connectivity index (χ2n) is 7.38. The van der Waals surface area contributed by atoms with Crippen LogP contribution in [0.3, 0.4) is 0 Å². The van der Waals surface area contributed by atoms with E-state index >= 15 is 0 Å². The molecule has 1 aliphatic carbocycles. The first-order valence-electron chi connectivity index (χ1n) is 8.77. The van der Waals surface area contributed by atoms with Gasteiger partial charge in [0.15, 0.2) is 0 Å². The fourth-order valence-electron chi connectivity index (χ4n) is 2.54. The van der Waals surface area contributed by atoms with E-state index in [1.807, 2.05) is 46.0 Å². The first kappa shape index (κ1) is 19.6. The zero-order valence-electron chi connectivity index (χ0n) is 16.2. The van der Waals surface area contributed by atoms with E-state index < -0.39 is 11.7 Å². The van der Waals surface area contributed by atoms with Crippen LogP contribution in [-0.2, 0) is 4.74 Å². The summed E-state index contributed by atoms with van der Waals surface area (Å²) in [6.07, 6.45) is 18.2. The second kappa shape index (κ2) is 8.09. The number of hydrogen-bond donors (Lipinski definition) is 0. The van der Waals surface area contributed by atoms with Crippen molar-refractivity contribution in [2.24, 2.45) is 5.92 Å². The first-order valence-corrected chi connectivity index (χ1v) is 8.77. The fourth-order valence-corrected chi connectivity index (χ4v) is 2.54. The Bertz CT molecular complexity index is 785. The Morgan fingerprint density at radius 3 is 2.88 bits per heavy atom. The van der Waals surface area contributed by atoms with Gasteiger partial charge in [-0.2, -0.15) is 0 Å². The third kappa shape index (κ3) is 5.13. The number of rotatable bonds is 3. The van der Waals surface area contributed by atoms with Gasteiger partial charge in [0.25, 0.3) is 0 Å². The van der Waals surface area contributed by atoms with Crippen LogP contribution in [0.1, 0.15) is 45.6 Å². The number of allylic oxidation sites excluding steroid dienone is 6. The van der Waals surface area contributed by atoms with Crippen molar-refractivity contribution in [1.29, 1.82) is 0 Å². The molecule has 138 valence electrons. The van der Waals surface area contributed by atoms with Crippen LogP contribution < -0.4 is 5.01 Å². The van der Waals surface area contributed by atoms with Gasteiger partial charge >= 0.3 is 6.09 Å². The highest BCUT2D eigenvalue weighted by Gasteiger charge is 2.24. The van der Waals surface area contributed by atoms with Crippen molar-refractivity contribution in [3.05, 3.63) is 48.1 Å². The van der Waals surface area contributed by atoms with Crippen molar-refractivity contribution < 1.29 is 9.53 Å². The van der Waals surface area contributed by atoms with Gasteiger partial charge in [0.05, 0.1) is 11.9 Å². The van der Waals surface area contributed by atoms with Gasteiger partial charge in [-0.3, -0.25) is 0 Å². The van der Waals surface area contributed by atoms with Crippen LogP contribution in [0.2, 0.25) is 0 Å². The number of ether oxygens (including phenoxy) is 1. The number of terminal acetylenes is 1. The molecule has 2 rings (SSSR count). The lowest BCUT2D eigenvalue weighted by atomic mass is 10.0. The predicted molar refractivity (Wildman–Crippen MR) is 105 cm³/mol. The molecule has 0 saturated carbocycles. The third-order valence-corrected chi connectivity index (χ3v) is 3.78. The average molecular weight is 353 g/mol. The lowest BCUT2D eigenvalue weighted by Crippen LogP contribution is -2.44. The van der Waals surface area contributed by atoms with Gasteiger partial charge < -0.3 is 4.74 Å². The van der Waals surface area contributed by atoms with Crippen molar-refractivity contribution >= 4 is 11.7 Å². The topological polar surface area (TPSA) is 47.4 Å². The smallest absolute Gasteiger partial charge is 0.430 e. The SMILES string of the molecule is C#CCN(C(=O)OC(C)(C)C)n1cc(C2=CC=CC(C)CC=C2)nc1C. The van der Waals surface area contributed by atoms with Crippen molar-refractivity contribution in [1.82, 2.24) is 9.66 Å². The molecule has 0 saturated heterocycles. The Kier molecular flexibility index (Phi) is 6.10. The normalized spacial score (nSPS) is 17.1. The van der Waals surface area contributed by atoms with Crippen molar-refractivity contribution in [3.63, 3.8) is 0 Å². The van der Waals surface area contributed by atoms with Gasteiger partial charge in [0, 0.05) is 5.57 Å². The van der Waals surface area contributed by atoms with E-state index in [1.54, 1.807) is 4.68 Å². The maximum Gasteiger partial charge on any atom is 0.430 e. The third-order valence-electron chi connectivity index (χ3n) is 3.78. The average Bonchev–Trinajstić information content (AvgIpc) is 2.88. The van der Waals surface area contributed by atoms with E-state index in [0.29, 0.717) is 11.7 Å². The number of nitrogens with zero attached hydrogens (tertiary/aromatic N) is 3. The van der Waals surface area contributed by atoms with Gasteiger partial charge in [-0.25, -0.2) is 19.5 Å². The molecule has 0 N–H and O–H groups in total. The number of carbonyl (C=O) groups is 1. The fraction of sp³-hybridized carbons (Fsp3) is 0.429. The molecule has 1 atom stereocenters. The summed E-state index contributed by atoms with van der Waals surface area (Å²) in [7, 11) is 0. The summed E-state index contributed by atoms with van der Waals surface area (Å²) in [6.45, 7) is 9.57. The van der Waals surface area contributed by atoms with Gasteiger partial charge in [-0.1, -0.05) is 43.2 Å². The maximum atomic E-state index is 12.5. The molecule has 0 aliphatic heterocycles. The molecule has 0 fully saturated rings. The van der Waals surface area contributed by atoms with E-state index in [-0.39, 0.29) is 6.54 Å². The van der Waals surface area contributed by atoms with Gasteiger partial charge in [-0.05, 0) is 40.0 Å². The molecule has 1 aromatic rings. The number of imidazole rings is 1. The summed E-state index contributed by atoms with van der Waals surface area (Å²) in [6, 6.07) is 0. The number of aromatic nitrogens is 2. The summed E-state index contributed by atoms with van der Waals surface area (Å²) in [5.41, 5.74) is 1.16. The molecule has 1 amide bonds. The molecule has 0 bridgehead atoms. The molecule has 1 unspecified atom stereocenters. The highest BCUT2D eigenvalue weighted by Crippen LogP contribution is 2.20. The zero-order chi connectivity index (χ0) is 19.3. The summed E-state index contributed by atoms with van der Waals surface area (Å²) < 4.78 is 7.12.